The van der Waals surface area contributed by atoms with Crippen molar-refractivity contribution in [2.45, 2.75) is 75.7 Å². The van der Waals surface area contributed by atoms with Crippen molar-refractivity contribution in [2.75, 3.05) is 67.7 Å². The van der Waals surface area contributed by atoms with Crippen molar-refractivity contribution in [3.63, 3.8) is 0 Å². The first-order valence-corrected chi connectivity index (χ1v) is 23.4. The Morgan fingerprint density at radius 3 is 1.34 bits per heavy atom. The number of hydrogen-bond acceptors (Lipinski definition) is 14. The van der Waals surface area contributed by atoms with Gasteiger partial charge in [0.1, 0.15) is 23.0 Å². The van der Waals surface area contributed by atoms with Crippen LogP contribution < -0.4 is 20.1 Å². The fraction of sp³-hybridized carbons (Fsp3) is 0.458. The molecule has 0 saturated heterocycles. The van der Waals surface area contributed by atoms with Crippen LogP contribution in [0.2, 0.25) is 0 Å². The molecule has 0 fully saturated rings. The average molecular weight is 955 g/mol. The molecule has 2 aliphatic carbocycles. The maximum absolute atomic E-state index is 11.7. The second-order valence-corrected chi connectivity index (χ2v) is 17.8. The maximum Gasteiger partial charge on any atom is 0.394 e. The van der Waals surface area contributed by atoms with Crippen LogP contribution in [0, 0.1) is 0 Å². The molecule has 4 aromatic carbocycles. The molecule has 368 valence electrons. The fourth-order valence-electron chi connectivity index (χ4n) is 7.60. The molecule has 67 heavy (non-hydrogen) atoms. The number of carbonyl (C=O) groups excluding carboxylic acids is 2. The minimum Gasteiger partial charge on any atom is -0.508 e. The third-order valence-corrected chi connectivity index (χ3v) is 11.5. The van der Waals surface area contributed by atoms with Crippen LogP contribution in [0.15, 0.2) is 72.8 Å². The van der Waals surface area contributed by atoms with Crippen LogP contribution in [0.5, 0.6) is 23.0 Å². The van der Waals surface area contributed by atoms with Gasteiger partial charge in [-0.05, 0) is 144 Å². The second kappa shape index (κ2) is 26.3. The smallest absolute Gasteiger partial charge is 0.394 e. The van der Waals surface area contributed by atoms with Crippen LogP contribution in [0.4, 0.5) is 0 Å². The normalized spacial score (nSPS) is 16.1. The van der Waals surface area contributed by atoms with Crippen molar-refractivity contribution in [1.82, 2.24) is 20.4 Å². The summed E-state index contributed by atoms with van der Waals surface area (Å²) >= 11 is 0. The van der Waals surface area contributed by atoms with Crippen LogP contribution >= 0.6 is 0 Å². The zero-order chi connectivity index (χ0) is 49.3. The third kappa shape index (κ3) is 18.3. The van der Waals surface area contributed by atoms with E-state index in [-0.39, 0.29) is 61.8 Å². The minimum atomic E-state index is -4.67. The van der Waals surface area contributed by atoms with Crippen molar-refractivity contribution >= 4 is 22.2 Å². The number of nitrogens with zero attached hydrogens (tertiary/aromatic N) is 2. The first-order valence-electron chi connectivity index (χ1n) is 22.0. The first kappa shape index (κ1) is 54.3. The summed E-state index contributed by atoms with van der Waals surface area (Å²) in [5.41, 5.74) is 7.66. The highest BCUT2D eigenvalue weighted by Gasteiger charge is 2.23. The van der Waals surface area contributed by atoms with E-state index in [0.717, 1.165) is 38.5 Å². The zero-order valence-electron chi connectivity index (χ0n) is 38.5. The van der Waals surface area contributed by atoms with E-state index in [1.807, 2.05) is 24.3 Å². The Morgan fingerprint density at radius 1 is 0.627 bits per heavy atom. The van der Waals surface area contributed by atoms with Crippen LogP contribution in [0.25, 0.3) is 0 Å². The zero-order valence-corrected chi connectivity index (χ0v) is 39.3. The van der Waals surface area contributed by atoms with Gasteiger partial charge in [-0.1, -0.05) is 24.3 Å². The van der Waals surface area contributed by atoms with E-state index in [4.69, 9.17) is 37.2 Å². The summed E-state index contributed by atoms with van der Waals surface area (Å²) in [5.74, 6) is 1.48. The molecule has 0 unspecified atom stereocenters. The molecule has 10 N–H and O–H groups in total. The molecule has 19 heteroatoms. The summed E-state index contributed by atoms with van der Waals surface area (Å²) in [5, 5.41) is 66.0. The van der Waals surface area contributed by atoms with Gasteiger partial charge in [-0.2, -0.15) is 8.42 Å². The number of ether oxygens (including phenoxy) is 2. The highest BCUT2D eigenvalue weighted by atomic mass is 32.3. The van der Waals surface area contributed by atoms with E-state index in [0.29, 0.717) is 59.7 Å². The largest absolute Gasteiger partial charge is 0.508 e. The number of rotatable bonds is 18. The standard InChI is InChI=1S/2C24H32N2O5.H2O4S/c2*1-26(2)24(30)15-31-21-7-4-16-3-6-20(12-19(16)13-21)25-14-23(29)17-5-8-22(28)18(11-17)9-10-27;1-5(2,3)4/h2*4-5,7-8,11,13,20,23,25,27-29H,3,6,9-10,12,14-15H2,1-2H3;(H2,1,2,3,4)/t2*20-,23-;/m00./s1. The molecule has 0 saturated carbocycles. The van der Waals surface area contributed by atoms with Gasteiger partial charge in [-0.3, -0.25) is 18.7 Å². The Kier molecular flexibility index (Phi) is 21.3. The number of fused-ring (bicyclic) bond motifs is 2. The SMILES string of the molecule is CN(C)C(=O)COc1ccc2c(c1)C[C@@H](NC[C@H](O)c1ccc(O)c(CCO)c1)CC2.CN(C)C(=O)COc1ccc2c(c1)C[C@@H](NC[C@H](O)c1ccc(O)c(CCO)c1)CC2.O=S(=O)(O)O. The monoisotopic (exact) mass is 954 g/mol. The molecule has 4 aromatic rings. The second-order valence-electron chi connectivity index (χ2n) is 16.9. The summed E-state index contributed by atoms with van der Waals surface area (Å²) in [6.45, 7) is 0.729. The average Bonchev–Trinajstić information content (AvgIpc) is 3.29. The van der Waals surface area contributed by atoms with Gasteiger partial charge in [0.25, 0.3) is 11.8 Å². The number of amides is 2. The lowest BCUT2D eigenvalue weighted by atomic mass is 9.88. The topological polar surface area (TPSA) is 279 Å². The van der Waals surface area contributed by atoms with Gasteiger partial charge in [0.15, 0.2) is 13.2 Å². The van der Waals surface area contributed by atoms with Crippen LogP contribution in [-0.4, -0.2) is 150 Å². The van der Waals surface area contributed by atoms with Gasteiger partial charge >= 0.3 is 10.4 Å². The summed E-state index contributed by atoms with van der Waals surface area (Å²) < 4.78 is 42.9. The van der Waals surface area contributed by atoms with Crippen LogP contribution in [0.3, 0.4) is 0 Å². The van der Waals surface area contributed by atoms with E-state index in [2.05, 4.69) is 22.8 Å². The van der Waals surface area contributed by atoms with Gasteiger partial charge < -0.3 is 60.5 Å². The minimum absolute atomic E-state index is 0.0184. The molecular formula is C48H66N4O14S. The lowest BCUT2D eigenvalue weighted by molar-refractivity contribution is -0.131. The molecule has 18 nitrogen and oxygen atoms in total. The van der Waals surface area contributed by atoms with Crippen molar-refractivity contribution in [3.05, 3.63) is 117 Å². The number of nitrogens with one attached hydrogen (secondary N) is 2. The van der Waals surface area contributed by atoms with E-state index in [1.54, 1.807) is 64.6 Å². The summed E-state index contributed by atoms with van der Waals surface area (Å²) in [6, 6.07) is 22.4. The Bertz CT molecular complexity index is 2190. The van der Waals surface area contributed by atoms with E-state index in [1.165, 1.54) is 32.1 Å². The van der Waals surface area contributed by atoms with E-state index >= 15 is 0 Å². The van der Waals surface area contributed by atoms with Crippen LogP contribution in [0.1, 0.15) is 69.6 Å². The van der Waals surface area contributed by atoms with E-state index in [9.17, 15) is 30.0 Å². The molecule has 6 rings (SSSR count). The summed E-state index contributed by atoms with van der Waals surface area (Å²) in [7, 11) is 2.15. The summed E-state index contributed by atoms with van der Waals surface area (Å²) in [4.78, 5) is 26.5. The number of aliphatic hydroxyl groups is 4. The van der Waals surface area contributed by atoms with Crippen molar-refractivity contribution in [2.24, 2.45) is 0 Å². The number of aryl methyl sites for hydroxylation is 2. The van der Waals surface area contributed by atoms with Gasteiger partial charge in [0.2, 0.25) is 0 Å². The Labute approximate surface area is 392 Å². The highest BCUT2D eigenvalue weighted by molar-refractivity contribution is 7.79. The predicted octanol–water partition coefficient (Wildman–Crippen LogP) is 2.50. The number of hydrogen-bond donors (Lipinski definition) is 10. The lowest BCUT2D eigenvalue weighted by Crippen LogP contribution is -2.37. The number of likely N-dealkylation sites (N-methyl/N-ethyl adjacent to an activating group) is 2. The van der Waals surface area contributed by atoms with Crippen LogP contribution in [-0.2, 0) is 58.5 Å². The number of phenolic OH excluding ortho intramolecular Hbond substituents is 2. The van der Waals surface area contributed by atoms with Gasteiger partial charge in [-0.25, -0.2) is 0 Å². The third-order valence-electron chi connectivity index (χ3n) is 11.5. The molecule has 2 amide bonds. The van der Waals surface area contributed by atoms with Gasteiger partial charge in [-0.15, -0.1) is 0 Å². The van der Waals surface area contributed by atoms with Gasteiger partial charge in [0.05, 0.1) is 12.2 Å². The van der Waals surface area contributed by atoms with Crippen molar-refractivity contribution in [3.8, 4) is 23.0 Å². The van der Waals surface area contributed by atoms with Crippen molar-refractivity contribution < 1.29 is 67.2 Å². The molecule has 2 aliphatic rings. The molecule has 0 radical (unpaired) electrons. The molecule has 0 aromatic heterocycles. The number of aromatic hydroxyl groups is 2. The molecule has 4 atom stereocenters. The fourth-order valence-corrected chi connectivity index (χ4v) is 7.60. The quantitative estimate of drug-likeness (QED) is 0.0642. The van der Waals surface area contributed by atoms with E-state index < -0.39 is 22.6 Å². The van der Waals surface area contributed by atoms with Gasteiger partial charge in [0, 0.05) is 66.6 Å². The Hall–Kier alpha value is -5.35. The van der Waals surface area contributed by atoms with Crippen molar-refractivity contribution in [1.29, 1.82) is 0 Å². The predicted molar refractivity (Wildman–Crippen MR) is 251 cm³/mol. The first-order chi connectivity index (χ1) is 31.7. The molecular weight excluding hydrogens is 889 g/mol. The Balaban J connectivity index is 0.000000266. The summed E-state index contributed by atoms with van der Waals surface area (Å²) in [6.07, 6.45) is 4.79. The lowest BCUT2D eigenvalue weighted by Gasteiger charge is -2.27. The molecule has 0 aliphatic heterocycles. The molecule has 0 heterocycles. The number of aliphatic hydroxyl groups excluding tert-OH is 4. The number of phenols is 2. The molecule has 0 bridgehead atoms. The Morgan fingerprint density at radius 2 is 1.00 bits per heavy atom. The maximum atomic E-state index is 11.7. The number of benzene rings is 4. The molecule has 0 spiro atoms. The highest BCUT2D eigenvalue weighted by Crippen LogP contribution is 2.29. The number of carbonyl (C=O) groups is 2.